The van der Waals surface area contributed by atoms with E-state index in [9.17, 15) is 21.8 Å². The molecule has 124 valence electrons. The van der Waals surface area contributed by atoms with Crippen LogP contribution in [0.2, 0.25) is 0 Å². The third-order valence-electron chi connectivity index (χ3n) is 3.22. The summed E-state index contributed by atoms with van der Waals surface area (Å²) in [5.74, 6) is -0.684. The first-order chi connectivity index (χ1) is 10.6. The number of rotatable bonds is 4. The second-order valence-corrected chi connectivity index (χ2v) is 6.86. The van der Waals surface area contributed by atoms with E-state index < -0.39 is 28.0 Å². The van der Waals surface area contributed by atoms with Crippen LogP contribution in [-0.2, 0) is 9.92 Å². The molecule has 0 radical (unpaired) electrons. The number of hydrogen-bond donors (Lipinski definition) is 1. The van der Waals surface area contributed by atoms with Crippen LogP contribution in [0.15, 0.2) is 53.7 Å². The van der Waals surface area contributed by atoms with Crippen LogP contribution in [0, 0.1) is 10.6 Å². The summed E-state index contributed by atoms with van der Waals surface area (Å²) >= 11 is 0. The third-order valence-corrected chi connectivity index (χ3v) is 5.12. The smallest absolute Gasteiger partial charge is 0.263 e. The van der Waals surface area contributed by atoms with Crippen LogP contribution in [0.1, 0.15) is 11.6 Å². The molecule has 0 aliphatic rings. The molecule has 1 heterocycles. The van der Waals surface area contributed by atoms with Gasteiger partial charge in [0.05, 0.1) is 4.90 Å². The van der Waals surface area contributed by atoms with Crippen LogP contribution < -0.4 is 0 Å². The summed E-state index contributed by atoms with van der Waals surface area (Å²) in [6.45, 7) is 0. The van der Waals surface area contributed by atoms with Gasteiger partial charge in [-0.25, -0.2) is 17.7 Å². The van der Waals surface area contributed by atoms with E-state index in [1.807, 2.05) is 0 Å². The molecule has 0 bridgehead atoms. The summed E-state index contributed by atoms with van der Waals surface area (Å²) in [5, 5.41) is 0. The van der Waals surface area contributed by atoms with Gasteiger partial charge >= 0.3 is 6.18 Å². The van der Waals surface area contributed by atoms with Crippen LogP contribution in [0.5, 0.6) is 0 Å². The van der Waals surface area contributed by atoms with Crippen LogP contribution in [0.25, 0.3) is 0 Å². The number of benzene rings is 1. The van der Waals surface area contributed by atoms with Gasteiger partial charge in [0, 0.05) is 19.4 Å². The highest BCUT2D eigenvalue weighted by Gasteiger charge is 2.46. The number of nitrogens with zero attached hydrogens (tertiary/aromatic N) is 2. The van der Waals surface area contributed by atoms with Crippen LogP contribution in [0.3, 0.4) is 0 Å². The SMILES string of the molecule is CN([C@H](c1ccc(F)cc1)C(F)(F)F)[S@](=N)(=O)c1cccnc1. The fraction of sp³-hybridized carbons (Fsp3) is 0.214. The molecule has 2 aromatic rings. The molecular formula is C14H13F4N3OS. The number of hydrogen-bond acceptors (Lipinski definition) is 3. The van der Waals surface area contributed by atoms with Crippen molar-refractivity contribution < 1.29 is 21.8 Å². The van der Waals surface area contributed by atoms with E-state index in [0.717, 1.165) is 37.5 Å². The summed E-state index contributed by atoms with van der Waals surface area (Å²) in [7, 11) is -2.97. The number of halogens is 4. The van der Waals surface area contributed by atoms with Crippen molar-refractivity contribution in [1.82, 2.24) is 9.29 Å². The van der Waals surface area contributed by atoms with Crippen LogP contribution in [0.4, 0.5) is 17.6 Å². The first-order valence-electron chi connectivity index (χ1n) is 6.38. The Kier molecular flexibility index (Phi) is 4.71. The number of aromatic nitrogens is 1. The zero-order valence-corrected chi connectivity index (χ0v) is 12.7. The average molecular weight is 347 g/mol. The molecule has 0 unspecified atom stereocenters. The minimum atomic E-state index is -4.79. The highest BCUT2D eigenvalue weighted by Crippen LogP contribution is 2.39. The molecule has 0 spiro atoms. The van der Waals surface area contributed by atoms with Gasteiger partial charge in [-0.15, -0.1) is 0 Å². The summed E-state index contributed by atoms with van der Waals surface area (Å²) in [6.07, 6.45) is -2.34. The van der Waals surface area contributed by atoms with Crippen molar-refractivity contribution in [3.8, 4) is 0 Å². The maximum atomic E-state index is 13.4. The van der Waals surface area contributed by atoms with Crippen molar-refractivity contribution in [3.63, 3.8) is 0 Å². The lowest BCUT2D eigenvalue weighted by molar-refractivity contribution is -0.170. The lowest BCUT2D eigenvalue weighted by atomic mass is 10.1. The first-order valence-corrected chi connectivity index (χ1v) is 7.89. The Bertz CT molecular complexity index is 761. The summed E-state index contributed by atoms with van der Waals surface area (Å²) in [5.41, 5.74) is -0.301. The Labute approximate surface area is 130 Å². The van der Waals surface area contributed by atoms with Gasteiger partial charge in [0.2, 0.25) is 0 Å². The van der Waals surface area contributed by atoms with E-state index in [1.54, 1.807) is 0 Å². The highest BCUT2D eigenvalue weighted by atomic mass is 32.2. The van der Waals surface area contributed by atoms with Gasteiger partial charge in [-0.3, -0.25) is 4.98 Å². The summed E-state index contributed by atoms with van der Waals surface area (Å²) in [6, 6.07) is 4.05. The van der Waals surface area contributed by atoms with Gasteiger partial charge in [-0.1, -0.05) is 12.1 Å². The zero-order chi connectivity index (χ0) is 17.3. The minimum absolute atomic E-state index is 0.140. The predicted octanol–water partition coefficient (Wildman–Crippen LogP) is 3.78. The van der Waals surface area contributed by atoms with Crippen molar-refractivity contribution in [3.05, 3.63) is 60.2 Å². The van der Waals surface area contributed by atoms with E-state index in [4.69, 9.17) is 4.78 Å². The first kappa shape index (κ1) is 17.4. The van der Waals surface area contributed by atoms with Gasteiger partial charge in [-0.2, -0.15) is 13.2 Å². The van der Waals surface area contributed by atoms with Crippen molar-refractivity contribution in [2.45, 2.75) is 17.1 Å². The number of nitrogens with one attached hydrogen (secondary N) is 1. The van der Waals surface area contributed by atoms with Crippen molar-refractivity contribution in [2.75, 3.05) is 7.05 Å². The Hall–Kier alpha value is -2.00. The van der Waals surface area contributed by atoms with Gasteiger partial charge in [0.15, 0.2) is 0 Å². The van der Waals surface area contributed by atoms with Gasteiger partial charge in [0.1, 0.15) is 21.8 Å². The molecule has 0 fully saturated rings. The van der Waals surface area contributed by atoms with E-state index >= 15 is 0 Å². The van der Waals surface area contributed by atoms with Gasteiger partial charge < -0.3 is 0 Å². The van der Waals surface area contributed by atoms with Crippen molar-refractivity contribution in [1.29, 1.82) is 4.78 Å². The maximum absolute atomic E-state index is 13.4. The molecule has 1 N–H and O–H groups in total. The second-order valence-electron chi connectivity index (χ2n) is 4.76. The van der Waals surface area contributed by atoms with Crippen LogP contribution >= 0.6 is 0 Å². The molecule has 9 heteroatoms. The topological polar surface area (TPSA) is 57.1 Å². The largest absolute Gasteiger partial charge is 0.409 e. The molecule has 0 amide bonds. The molecule has 2 rings (SSSR count). The Morgan fingerprint density at radius 1 is 1.22 bits per heavy atom. The molecule has 2 atom stereocenters. The second kappa shape index (κ2) is 6.25. The monoisotopic (exact) mass is 347 g/mol. The van der Waals surface area contributed by atoms with Gasteiger partial charge in [-0.05, 0) is 29.8 Å². The van der Waals surface area contributed by atoms with E-state index in [1.165, 1.54) is 18.3 Å². The van der Waals surface area contributed by atoms with E-state index in [-0.39, 0.29) is 10.5 Å². The normalized spacial score (nSPS) is 16.1. The molecule has 0 aliphatic carbocycles. The molecular weight excluding hydrogens is 334 g/mol. The Balaban J connectivity index is 2.50. The van der Waals surface area contributed by atoms with Gasteiger partial charge in [0.25, 0.3) is 0 Å². The fourth-order valence-electron chi connectivity index (χ4n) is 2.08. The predicted molar refractivity (Wildman–Crippen MR) is 76.3 cm³/mol. The average Bonchev–Trinajstić information content (AvgIpc) is 2.49. The van der Waals surface area contributed by atoms with E-state index in [2.05, 4.69) is 4.98 Å². The summed E-state index contributed by atoms with van der Waals surface area (Å²) in [4.78, 5) is 3.54. The lowest BCUT2D eigenvalue weighted by Gasteiger charge is -2.31. The third kappa shape index (κ3) is 3.67. The molecule has 0 aliphatic heterocycles. The number of pyridine rings is 1. The lowest BCUT2D eigenvalue weighted by Crippen LogP contribution is -2.39. The standard InChI is InChI=1S/C14H13F4N3OS/c1-21(23(19,22)12-3-2-8-20-9-12)13(14(16,17)18)10-4-6-11(15)7-5-10/h2-9,13,19H,1H3/t13-,23+/m1/s1. The molecule has 1 aromatic heterocycles. The number of alkyl halides is 3. The maximum Gasteiger partial charge on any atom is 0.409 e. The Morgan fingerprint density at radius 3 is 2.30 bits per heavy atom. The quantitative estimate of drug-likeness (QED) is 0.856. The zero-order valence-electron chi connectivity index (χ0n) is 11.9. The fourth-order valence-corrected chi connectivity index (χ4v) is 3.41. The van der Waals surface area contributed by atoms with Crippen molar-refractivity contribution >= 4 is 9.92 Å². The van der Waals surface area contributed by atoms with E-state index in [0.29, 0.717) is 4.31 Å². The highest BCUT2D eigenvalue weighted by molar-refractivity contribution is 7.90. The molecule has 0 saturated carbocycles. The van der Waals surface area contributed by atoms with Crippen LogP contribution in [-0.4, -0.2) is 26.7 Å². The molecule has 23 heavy (non-hydrogen) atoms. The Morgan fingerprint density at radius 2 is 1.83 bits per heavy atom. The van der Waals surface area contributed by atoms with Crippen molar-refractivity contribution in [2.24, 2.45) is 0 Å². The molecule has 1 aromatic carbocycles. The minimum Gasteiger partial charge on any atom is -0.263 e. The molecule has 0 saturated heterocycles. The summed E-state index contributed by atoms with van der Waals surface area (Å²) < 4.78 is 74.2. The molecule has 4 nitrogen and oxygen atoms in total.